The van der Waals surface area contributed by atoms with Crippen LogP contribution in [0.15, 0.2) is 76.3 Å². The monoisotopic (exact) mass is 528 g/mol. The van der Waals surface area contributed by atoms with Gasteiger partial charge in [-0.1, -0.05) is 57.9 Å². The largest absolute Gasteiger partial charge is 0.507 e. The summed E-state index contributed by atoms with van der Waals surface area (Å²) in [5.41, 5.74) is 11.2. The summed E-state index contributed by atoms with van der Waals surface area (Å²) in [6.45, 7) is 0.412. The highest BCUT2D eigenvalue weighted by molar-refractivity contribution is 9.10. The normalized spacial score (nSPS) is 17.9. The Morgan fingerprint density at radius 2 is 1.97 bits per heavy atom. The van der Waals surface area contributed by atoms with Crippen LogP contribution in [-0.4, -0.2) is 23.3 Å². The van der Waals surface area contributed by atoms with E-state index in [1.165, 1.54) is 6.21 Å². The molecule has 3 aromatic carbocycles. The zero-order valence-corrected chi connectivity index (χ0v) is 19.8. The quantitative estimate of drug-likeness (QED) is 0.268. The van der Waals surface area contributed by atoms with Gasteiger partial charge in [0.1, 0.15) is 24.1 Å². The van der Waals surface area contributed by atoms with E-state index < -0.39 is 6.04 Å². The van der Waals surface area contributed by atoms with Gasteiger partial charge in [-0.05, 0) is 48.4 Å². The van der Waals surface area contributed by atoms with Crippen molar-refractivity contribution in [3.8, 4) is 11.5 Å². The van der Waals surface area contributed by atoms with Crippen LogP contribution < -0.4 is 21.0 Å². The SMILES string of the molecule is O=C(N/N=C/c1cc(Br)ccc1O)C1CC(c2ccccc2OCc2ccc(Cl)cc2)NN1. The number of phenolic OH excluding ortho intramolecular Hbond substituents is 1. The van der Waals surface area contributed by atoms with Gasteiger partial charge in [-0.15, -0.1) is 0 Å². The van der Waals surface area contributed by atoms with E-state index in [2.05, 4.69) is 37.3 Å². The molecule has 0 bridgehead atoms. The van der Waals surface area contributed by atoms with Gasteiger partial charge in [0.2, 0.25) is 0 Å². The Balaban J connectivity index is 1.35. The number of nitrogens with one attached hydrogen (secondary N) is 3. The van der Waals surface area contributed by atoms with Gasteiger partial charge >= 0.3 is 0 Å². The molecule has 7 nitrogen and oxygen atoms in total. The molecular formula is C24H22BrClN4O3. The Morgan fingerprint density at radius 1 is 1.18 bits per heavy atom. The molecule has 170 valence electrons. The summed E-state index contributed by atoms with van der Waals surface area (Å²) >= 11 is 9.28. The molecule has 0 spiro atoms. The highest BCUT2D eigenvalue weighted by Gasteiger charge is 2.31. The summed E-state index contributed by atoms with van der Waals surface area (Å²) in [5.74, 6) is 0.540. The van der Waals surface area contributed by atoms with E-state index >= 15 is 0 Å². The molecule has 1 amide bonds. The maximum Gasteiger partial charge on any atom is 0.258 e. The van der Waals surface area contributed by atoms with Crippen LogP contribution in [-0.2, 0) is 11.4 Å². The number of rotatable bonds is 7. The van der Waals surface area contributed by atoms with Crippen molar-refractivity contribution in [2.75, 3.05) is 0 Å². The molecule has 9 heteroatoms. The van der Waals surface area contributed by atoms with Crippen molar-refractivity contribution in [1.82, 2.24) is 16.3 Å². The number of hydrogen-bond donors (Lipinski definition) is 4. The van der Waals surface area contributed by atoms with Crippen molar-refractivity contribution < 1.29 is 14.6 Å². The first-order valence-electron chi connectivity index (χ1n) is 10.3. The molecule has 0 saturated carbocycles. The maximum absolute atomic E-state index is 12.5. The molecule has 1 fully saturated rings. The number of carbonyl (C=O) groups excluding carboxylic acids is 1. The number of aromatic hydroxyl groups is 1. The molecule has 2 unspecified atom stereocenters. The second kappa shape index (κ2) is 10.8. The minimum Gasteiger partial charge on any atom is -0.507 e. The van der Waals surface area contributed by atoms with E-state index in [1.54, 1.807) is 18.2 Å². The molecule has 2 atom stereocenters. The fourth-order valence-electron chi connectivity index (χ4n) is 3.45. The number of nitrogens with zero attached hydrogens (tertiary/aromatic N) is 1. The molecule has 4 rings (SSSR count). The van der Waals surface area contributed by atoms with Crippen molar-refractivity contribution in [2.24, 2.45) is 5.10 Å². The highest BCUT2D eigenvalue weighted by Crippen LogP contribution is 2.31. The zero-order valence-electron chi connectivity index (χ0n) is 17.5. The number of halogens is 2. The lowest BCUT2D eigenvalue weighted by molar-refractivity contribution is -0.122. The molecule has 3 aromatic rings. The lowest BCUT2D eigenvalue weighted by Gasteiger charge is -2.16. The lowest BCUT2D eigenvalue weighted by atomic mass is 10.0. The summed E-state index contributed by atoms with van der Waals surface area (Å²) < 4.78 is 6.84. The van der Waals surface area contributed by atoms with Crippen LogP contribution in [0.3, 0.4) is 0 Å². The molecule has 1 aliphatic heterocycles. The van der Waals surface area contributed by atoms with Gasteiger partial charge in [-0.3, -0.25) is 4.79 Å². The van der Waals surface area contributed by atoms with Crippen LogP contribution in [0.5, 0.6) is 11.5 Å². The second-order valence-corrected chi connectivity index (χ2v) is 8.87. The fourth-order valence-corrected chi connectivity index (χ4v) is 3.95. The molecule has 33 heavy (non-hydrogen) atoms. The molecular weight excluding hydrogens is 508 g/mol. The average Bonchev–Trinajstić information content (AvgIpc) is 3.31. The van der Waals surface area contributed by atoms with Gasteiger partial charge in [0.05, 0.1) is 12.3 Å². The minimum atomic E-state index is -0.479. The topological polar surface area (TPSA) is 95.0 Å². The lowest BCUT2D eigenvalue weighted by Crippen LogP contribution is -2.41. The summed E-state index contributed by atoms with van der Waals surface area (Å²) in [7, 11) is 0. The van der Waals surface area contributed by atoms with Gasteiger partial charge in [-0.2, -0.15) is 5.10 Å². The first-order chi connectivity index (χ1) is 16.0. The van der Waals surface area contributed by atoms with Crippen LogP contribution in [0.25, 0.3) is 0 Å². The fraction of sp³-hybridized carbons (Fsp3) is 0.167. The smallest absolute Gasteiger partial charge is 0.258 e. The van der Waals surface area contributed by atoms with Crippen LogP contribution in [0.1, 0.15) is 29.2 Å². The van der Waals surface area contributed by atoms with Gasteiger partial charge in [0, 0.05) is 20.6 Å². The number of hydrazine groups is 1. The molecule has 1 saturated heterocycles. The Bertz CT molecular complexity index is 1160. The summed E-state index contributed by atoms with van der Waals surface area (Å²) in [6, 6.07) is 19.6. The van der Waals surface area contributed by atoms with Gasteiger partial charge in [0.15, 0.2) is 0 Å². The first-order valence-corrected chi connectivity index (χ1v) is 11.5. The zero-order chi connectivity index (χ0) is 23.2. The Labute approximate surface area is 204 Å². The Hall–Kier alpha value is -2.91. The number of phenols is 1. The van der Waals surface area contributed by atoms with E-state index in [1.807, 2.05) is 48.5 Å². The second-order valence-electron chi connectivity index (χ2n) is 7.52. The van der Waals surface area contributed by atoms with Crippen molar-refractivity contribution >= 4 is 39.7 Å². The number of ether oxygens (including phenoxy) is 1. The summed E-state index contributed by atoms with van der Waals surface area (Å²) in [5, 5.41) is 14.5. The van der Waals surface area contributed by atoms with Crippen LogP contribution in [0, 0.1) is 0 Å². The Kier molecular flexibility index (Phi) is 7.61. The number of hydrazone groups is 1. The van der Waals surface area contributed by atoms with E-state index in [-0.39, 0.29) is 17.7 Å². The van der Waals surface area contributed by atoms with Crippen LogP contribution in [0.4, 0.5) is 0 Å². The summed E-state index contributed by atoms with van der Waals surface area (Å²) in [4.78, 5) is 12.5. The average molecular weight is 530 g/mol. The van der Waals surface area contributed by atoms with Crippen LogP contribution in [0.2, 0.25) is 5.02 Å². The molecule has 1 aliphatic rings. The molecule has 0 aliphatic carbocycles. The highest BCUT2D eigenvalue weighted by atomic mass is 79.9. The van der Waals surface area contributed by atoms with E-state index in [0.717, 1.165) is 21.3 Å². The van der Waals surface area contributed by atoms with Crippen molar-refractivity contribution in [1.29, 1.82) is 0 Å². The third kappa shape index (κ3) is 6.11. The third-order valence-corrected chi connectivity index (χ3v) is 5.93. The summed E-state index contributed by atoms with van der Waals surface area (Å²) in [6.07, 6.45) is 1.92. The number of para-hydroxylation sites is 1. The van der Waals surface area contributed by atoms with Crippen molar-refractivity contribution in [3.05, 3.63) is 92.9 Å². The number of benzene rings is 3. The van der Waals surface area contributed by atoms with Gasteiger partial charge in [0.25, 0.3) is 5.91 Å². The number of carbonyl (C=O) groups is 1. The van der Waals surface area contributed by atoms with Crippen LogP contribution >= 0.6 is 27.5 Å². The van der Waals surface area contributed by atoms with E-state index in [9.17, 15) is 9.90 Å². The standard InChI is InChI=1S/C24H22BrClN4O3/c25-17-7-10-22(31)16(11-17)13-27-30-24(32)21-12-20(28-29-21)19-3-1-2-4-23(19)33-14-15-5-8-18(26)9-6-15/h1-11,13,20-21,28-29,31H,12,14H2,(H,30,32)/b27-13+. The maximum atomic E-state index is 12.5. The number of amides is 1. The molecule has 0 aromatic heterocycles. The molecule has 1 heterocycles. The van der Waals surface area contributed by atoms with Crippen molar-refractivity contribution in [2.45, 2.75) is 25.1 Å². The van der Waals surface area contributed by atoms with E-state index in [4.69, 9.17) is 16.3 Å². The first kappa shape index (κ1) is 23.3. The third-order valence-electron chi connectivity index (χ3n) is 5.19. The van der Waals surface area contributed by atoms with Gasteiger partial charge < -0.3 is 9.84 Å². The molecule has 4 N–H and O–H groups in total. The van der Waals surface area contributed by atoms with E-state index in [0.29, 0.717) is 23.6 Å². The predicted octanol–water partition coefficient (Wildman–Crippen LogP) is 4.45. The van der Waals surface area contributed by atoms with Crippen molar-refractivity contribution in [3.63, 3.8) is 0 Å². The number of hydrogen-bond acceptors (Lipinski definition) is 6. The predicted molar refractivity (Wildman–Crippen MR) is 131 cm³/mol. The minimum absolute atomic E-state index is 0.0760. The van der Waals surface area contributed by atoms with Gasteiger partial charge in [-0.25, -0.2) is 16.3 Å². The Morgan fingerprint density at radius 3 is 2.79 bits per heavy atom. The molecule has 0 radical (unpaired) electrons.